The van der Waals surface area contributed by atoms with E-state index in [9.17, 15) is 19.1 Å². The summed E-state index contributed by atoms with van der Waals surface area (Å²) in [7, 11) is 0. The average molecular weight is 282 g/mol. The Morgan fingerprint density at radius 3 is 2.55 bits per heavy atom. The Morgan fingerprint density at radius 1 is 1.30 bits per heavy atom. The Balaban J connectivity index is 2.10. The number of nitrogens with one attached hydrogen (secondary N) is 1. The van der Waals surface area contributed by atoms with E-state index in [2.05, 4.69) is 5.32 Å². The lowest BCUT2D eigenvalue weighted by atomic mass is 10.1. The van der Waals surface area contributed by atoms with E-state index in [0.717, 1.165) is 12.1 Å². The number of aromatic carboxylic acids is 1. The third-order valence-electron chi connectivity index (χ3n) is 3.21. The van der Waals surface area contributed by atoms with E-state index < -0.39 is 23.9 Å². The highest BCUT2D eigenvalue weighted by Crippen LogP contribution is 2.19. The number of piperidine rings is 1. The molecule has 0 atom stereocenters. The first-order chi connectivity index (χ1) is 9.47. The largest absolute Gasteiger partial charge is 0.478 e. The van der Waals surface area contributed by atoms with Crippen LogP contribution < -0.4 is 5.32 Å². The van der Waals surface area contributed by atoms with Crippen LogP contribution in [0.2, 0.25) is 0 Å². The molecule has 0 bridgehead atoms. The number of halogens is 1. The number of aliphatic hydroxyl groups excluding tert-OH is 1. The van der Waals surface area contributed by atoms with Crippen molar-refractivity contribution in [3.8, 4) is 0 Å². The van der Waals surface area contributed by atoms with Gasteiger partial charge in [0.25, 0.3) is 0 Å². The number of hydrogen-bond donors (Lipinski definition) is 3. The lowest BCUT2D eigenvalue weighted by molar-refractivity contribution is 0.0697. The number of rotatable bonds is 2. The molecule has 1 saturated heterocycles. The topological polar surface area (TPSA) is 89.9 Å². The van der Waals surface area contributed by atoms with Crippen LogP contribution in [0.4, 0.5) is 14.9 Å². The number of urea groups is 1. The minimum atomic E-state index is -1.31. The van der Waals surface area contributed by atoms with Gasteiger partial charge in [-0.15, -0.1) is 0 Å². The predicted octanol–water partition coefficient (Wildman–Crippen LogP) is 1.51. The normalized spacial score (nSPS) is 16.0. The number of hydrogen-bond acceptors (Lipinski definition) is 3. The molecule has 0 spiro atoms. The highest BCUT2D eigenvalue weighted by atomic mass is 19.1. The van der Waals surface area contributed by atoms with Crippen molar-refractivity contribution in [3.05, 3.63) is 29.6 Å². The number of benzene rings is 1. The molecule has 0 unspecified atom stereocenters. The van der Waals surface area contributed by atoms with Crippen molar-refractivity contribution in [2.45, 2.75) is 18.9 Å². The Kier molecular flexibility index (Phi) is 4.19. The fraction of sp³-hybridized carbons (Fsp3) is 0.385. The van der Waals surface area contributed by atoms with Crippen LogP contribution in [0.15, 0.2) is 18.2 Å². The molecule has 2 amide bonds. The van der Waals surface area contributed by atoms with Gasteiger partial charge in [0.15, 0.2) is 0 Å². The molecular weight excluding hydrogens is 267 g/mol. The number of carbonyl (C=O) groups is 2. The van der Waals surface area contributed by atoms with Crippen molar-refractivity contribution in [1.82, 2.24) is 4.90 Å². The zero-order chi connectivity index (χ0) is 14.7. The van der Waals surface area contributed by atoms with E-state index in [1.807, 2.05) is 0 Å². The summed E-state index contributed by atoms with van der Waals surface area (Å²) in [4.78, 5) is 24.5. The third-order valence-corrected chi connectivity index (χ3v) is 3.21. The van der Waals surface area contributed by atoms with Gasteiger partial charge in [-0.25, -0.2) is 14.0 Å². The second-order valence-electron chi connectivity index (χ2n) is 4.64. The van der Waals surface area contributed by atoms with Crippen molar-refractivity contribution in [2.24, 2.45) is 0 Å². The van der Waals surface area contributed by atoms with Crippen LogP contribution in [-0.4, -0.2) is 46.3 Å². The predicted molar refractivity (Wildman–Crippen MR) is 69.2 cm³/mol. The van der Waals surface area contributed by atoms with Gasteiger partial charge in [0.05, 0.1) is 17.4 Å². The molecule has 1 fully saturated rings. The molecule has 0 saturated carbocycles. The molecule has 2 rings (SSSR count). The molecule has 1 aromatic rings. The van der Waals surface area contributed by atoms with E-state index in [-0.39, 0.29) is 11.3 Å². The summed E-state index contributed by atoms with van der Waals surface area (Å²) in [6.45, 7) is 0.799. The first-order valence-electron chi connectivity index (χ1n) is 6.24. The molecule has 7 heteroatoms. The van der Waals surface area contributed by atoms with E-state index in [4.69, 9.17) is 5.11 Å². The van der Waals surface area contributed by atoms with Crippen LogP contribution >= 0.6 is 0 Å². The number of carboxylic acids is 1. The van der Waals surface area contributed by atoms with Gasteiger partial charge in [-0.2, -0.15) is 0 Å². The first-order valence-corrected chi connectivity index (χ1v) is 6.24. The van der Waals surface area contributed by atoms with Gasteiger partial charge >= 0.3 is 12.0 Å². The quantitative estimate of drug-likeness (QED) is 0.767. The first kappa shape index (κ1) is 14.3. The summed E-state index contributed by atoms with van der Waals surface area (Å²) in [6.07, 6.45) is 0.574. The van der Waals surface area contributed by atoms with Crippen LogP contribution in [0.1, 0.15) is 23.2 Å². The maximum atomic E-state index is 13.0. The zero-order valence-corrected chi connectivity index (χ0v) is 10.7. The lowest BCUT2D eigenvalue weighted by Crippen LogP contribution is -2.42. The van der Waals surface area contributed by atoms with Crippen molar-refractivity contribution in [3.63, 3.8) is 0 Å². The Hall–Kier alpha value is -2.15. The van der Waals surface area contributed by atoms with E-state index in [1.165, 1.54) is 11.0 Å². The molecule has 0 radical (unpaired) electrons. The minimum Gasteiger partial charge on any atom is -0.478 e. The number of aliphatic hydroxyl groups is 1. The Bertz CT molecular complexity index is 527. The third kappa shape index (κ3) is 3.24. The van der Waals surface area contributed by atoms with E-state index in [0.29, 0.717) is 25.9 Å². The lowest BCUT2D eigenvalue weighted by Gasteiger charge is -2.29. The summed E-state index contributed by atoms with van der Waals surface area (Å²) in [6, 6.07) is 2.71. The number of nitrogens with zero attached hydrogens (tertiary/aromatic N) is 1. The van der Waals surface area contributed by atoms with Crippen molar-refractivity contribution < 1.29 is 24.2 Å². The maximum Gasteiger partial charge on any atom is 0.337 e. The number of carboxylic acid groups (broad SMARTS) is 1. The fourth-order valence-corrected chi connectivity index (χ4v) is 2.07. The van der Waals surface area contributed by atoms with Crippen LogP contribution in [0.25, 0.3) is 0 Å². The summed E-state index contributed by atoms with van der Waals surface area (Å²) >= 11 is 0. The molecule has 1 aliphatic heterocycles. The van der Waals surface area contributed by atoms with Gasteiger partial charge in [-0.05, 0) is 31.0 Å². The molecule has 108 valence electrons. The smallest absolute Gasteiger partial charge is 0.337 e. The highest BCUT2D eigenvalue weighted by Gasteiger charge is 2.22. The van der Waals surface area contributed by atoms with Gasteiger partial charge in [-0.3, -0.25) is 0 Å². The van der Waals surface area contributed by atoms with Gasteiger partial charge < -0.3 is 20.4 Å². The van der Waals surface area contributed by atoms with Gasteiger partial charge in [0.1, 0.15) is 5.82 Å². The van der Waals surface area contributed by atoms with Crippen LogP contribution in [0.3, 0.4) is 0 Å². The summed E-state index contributed by atoms with van der Waals surface area (Å²) in [5, 5.41) is 20.8. The Morgan fingerprint density at radius 2 is 1.95 bits per heavy atom. The SMILES string of the molecule is O=C(O)c1cc(F)ccc1NC(=O)N1CCC(O)CC1. The summed E-state index contributed by atoms with van der Waals surface area (Å²) in [5.41, 5.74) is -0.245. The van der Waals surface area contributed by atoms with E-state index >= 15 is 0 Å². The zero-order valence-electron chi connectivity index (χ0n) is 10.7. The molecule has 1 aromatic carbocycles. The molecule has 20 heavy (non-hydrogen) atoms. The van der Waals surface area contributed by atoms with Crippen LogP contribution in [-0.2, 0) is 0 Å². The van der Waals surface area contributed by atoms with Crippen molar-refractivity contribution in [2.75, 3.05) is 18.4 Å². The highest BCUT2D eigenvalue weighted by molar-refractivity contribution is 6.00. The maximum absolute atomic E-state index is 13.0. The molecule has 1 heterocycles. The summed E-state index contributed by atoms with van der Waals surface area (Å²) in [5.74, 6) is -1.99. The molecule has 0 aliphatic carbocycles. The van der Waals surface area contributed by atoms with Crippen LogP contribution in [0, 0.1) is 5.82 Å². The van der Waals surface area contributed by atoms with Gasteiger partial charge in [0, 0.05) is 13.1 Å². The Labute approximate surface area is 114 Å². The minimum absolute atomic E-state index is 0.0509. The molecule has 1 aliphatic rings. The standard InChI is InChI=1S/C13H15FN2O4/c14-8-1-2-11(10(7-8)12(18)19)15-13(20)16-5-3-9(17)4-6-16/h1-2,7,9,17H,3-6H2,(H,15,20)(H,18,19). The van der Waals surface area contributed by atoms with Crippen molar-refractivity contribution in [1.29, 1.82) is 0 Å². The average Bonchev–Trinajstić information content (AvgIpc) is 2.41. The second kappa shape index (κ2) is 5.87. The molecular formula is C13H15FN2O4. The van der Waals surface area contributed by atoms with E-state index in [1.54, 1.807) is 0 Å². The van der Waals surface area contributed by atoms with Crippen LogP contribution in [0.5, 0.6) is 0 Å². The number of amides is 2. The monoisotopic (exact) mass is 282 g/mol. The second-order valence-corrected chi connectivity index (χ2v) is 4.64. The fourth-order valence-electron chi connectivity index (χ4n) is 2.07. The molecule has 3 N–H and O–H groups in total. The molecule has 0 aromatic heterocycles. The molecule has 6 nitrogen and oxygen atoms in total. The summed E-state index contributed by atoms with van der Waals surface area (Å²) < 4.78 is 13.0. The number of carbonyl (C=O) groups excluding carboxylic acids is 1. The number of likely N-dealkylation sites (tertiary alicyclic amines) is 1. The number of anilines is 1. The van der Waals surface area contributed by atoms with Gasteiger partial charge in [-0.1, -0.05) is 0 Å². The van der Waals surface area contributed by atoms with Gasteiger partial charge in [0.2, 0.25) is 0 Å². The van der Waals surface area contributed by atoms with Crippen molar-refractivity contribution >= 4 is 17.7 Å².